The fraction of sp³-hybridized carbons (Fsp3) is 0.208. The first-order valence-electron chi connectivity index (χ1n) is 10.4. The molecule has 1 aliphatic heterocycles. The summed E-state index contributed by atoms with van der Waals surface area (Å²) in [6.45, 7) is 1.64. The molecule has 0 aliphatic carbocycles. The predicted molar refractivity (Wildman–Crippen MR) is 128 cm³/mol. The molecule has 1 aliphatic rings. The van der Waals surface area contributed by atoms with Gasteiger partial charge in [0.1, 0.15) is 0 Å². The van der Waals surface area contributed by atoms with Crippen molar-refractivity contribution >= 4 is 29.1 Å². The second-order valence-electron chi connectivity index (χ2n) is 7.54. The number of nitro benzene ring substituents is 1. The third kappa shape index (κ3) is 4.33. The van der Waals surface area contributed by atoms with Crippen LogP contribution in [0.4, 0.5) is 5.69 Å². The predicted octanol–water partition coefficient (Wildman–Crippen LogP) is 2.33. The van der Waals surface area contributed by atoms with Crippen molar-refractivity contribution in [1.82, 2.24) is 4.57 Å². The van der Waals surface area contributed by atoms with Crippen molar-refractivity contribution in [2.75, 3.05) is 21.3 Å². The maximum atomic E-state index is 13.6. The zero-order chi connectivity index (χ0) is 25.3. The minimum Gasteiger partial charge on any atom is -0.493 e. The third-order valence-corrected chi connectivity index (χ3v) is 6.51. The molecule has 11 heteroatoms. The number of fused-ring (bicyclic) bond motifs is 1. The lowest BCUT2D eigenvalue weighted by Gasteiger charge is -2.24. The summed E-state index contributed by atoms with van der Waals surface area (Å²) in [6.07, 6.45) is 1.69. The van der Waals surface area contributed by atoms with Crippen LogP contribution >= 0.6 is 11.3 Å². The first-order valence-corrected chi connectivity index (χ1v) is 11.2. The quantitative estimate of drug-likeness (QED) is 0.292. The van der Waals surface area contributed by atoms with Crippen molar-refractivity contribution in [3.63, 3.8) is 0 Å². The largest absolute Gasteiger partial charge is 0.493 e. The second kappa shape index (κ2) is 9.55. The van der Waals surface area contributed by atoms with Gasteiger partial charge in [0.25, 0.3) is 11.2 Å². The summed E-state index contributed by atoms with van der Waals surface area (Å²) in [5, 5.41) is 11.4. The number of benzene rings is 2. The van der Waals surface area contributed by atoms with Crippen LogP contribution in [0.1, 0.15) is 24.1 Å². The second-order valence-corrected chi connectivity index (χ2v) is 8.55. The molecule has 1 aromatic heterocycles. The van der Waals surface area contributed by atoms with Gasteiger partial charge in [-0.3, -0.25) is 19.5 Å². The molecule has 0 saturated heterocycles. The van der Waals surface area contributed by atoms with E-state index >= 15 is 0 Å². The number of nitro groups is 1. The first-order chi connectivity index (χ1) is 16.8. The number of carbonyl (C=O) groups excluding carboxylic acids is 1. The van der Waals surface area contributed by atoms with E-state index in [0.29, 0.717) is 37.7 Å². The molecule has 2 heterocycles. The molecule has 0 bridgehead atoms. The first kappa shape index (κ1) is 23.9. The van der Waals surface area contributed by atoms with Crippen LogP contribution in [-0.4, -0.2) is 36.8 Å². The van der Waals surface area contributed by atoms with Crippen molar-refractivity contribution in [2.45, 2.75) is 13.0 Å². The number of rotatable bonds is 6. The van der Waals surface area contributed by atoms with Gasteiger partial charge in [0.2, 0.25) is 0 Å². The van der Waals surface area contributed by atoms with Gasteiger partial charge in [-0.1, -0.05) is 29.5 Å². The highest BCUT2D eigenvalue weighted by Crippen LogP contribution is 2.32. The number of thiazole rings is 1. The summed E-state index contributed by atoms with van der Waals surface area (Å²) in [6, 6.07) is 10.1. The summed E-state index contributed by atoms with van der Waals surface area (Å²) in [5.74, 6) is 0.388. The van der Waals surface area contributed by atoms with Crippen molar-refractivity contribution < 1.29 is 23.9 Å². The molecule has 4 rings (SSSR count). The average Bonchev–Trinajstić information content (AvgIpc) is 3.16. The molecule has 35 heavy (non-hydrogen) atoms. The number of nitrogens with zero attached hydrogens (tertiary/aromatic N) is 3. The maximum absolute atomic E-state index is 13.6. The van der Waals surface area contributed by atoms with Crippen molar-refractivity contribution in [1.29, 1.82) is 0 Å². The van der Waals surface area contributed by atoms with Gasteiger partial charge in [0.05, 0.1) is 48.1 Å². The number of aromatic nitrogens is 1. The van der Waals surface area contributed by atoms with Crippen LogP contribution in [0.5, 0.6) is 11.5 Å². The highest BCUT2D eigenvalue weighted by molar-refractivity contribution is 7.07. The molecule has 180 valence electrons. The van der Waals surface area contributed by atoms with Crippen LogP contribution in [0.25, 0.3) is 6.08 Å². The Morgan fingerprint density at radius 1 is 1.14 bits per heavy atom. The highest BCUT2D eigenvalue weighted by Gasteiger charge is 2.33. The van der Waals surface area contributed by atoms with Crippen LogP contribution in [0, 0.1) is 10.1 Å². The van der Waals surface area contributed by atoms with Gasteiger partial charge in [0, 0.05) is 12.1 Å². The van der Waals surface area contributed by atoms with Crippen molar-refractivity contribution in [3.05, 3.63) is 94.7 Å². The number of carbonyl (C=O) groups is 1. The molecular weight excluding hydrogens is 474 g/mol. The molecule has 0 radical (unpaired) electrons. The smallest absolute Gasteiger partial charge is 0.338 e. The van der Waals surface area contributed by atoms with E-state index in [1.807, 2.05) is 0 Å². The fourth-order valence-electron chi connectivity index (χ4n) is 3.91. The molecule has 1 unspecified atom stereocenters. The minimum atomic E-state index is -0.939. The van der Waals surface area contributed by atoms with Gasteiger partial charge < -0.3 is 14.2 Å². The summed E-state index contributed by atoms with van der Waals surface area (Å²) in [7, 11) is 4.28. The molecule has 0 spiro atoms. The van der Waals surface area contributed by atoms with Crippen LogP contribution in [0.15, 0.2) is 63.5 Å². The zero-order valence-electron chi connectivity index (χ0n) is 19.3. The van der Waals surface area contributed by atoms with E-state index in [0.717, 1.165) is 11.3 Å². The van der Waals surface area contributed by atoms with E-state index in [4.69, 9.17) is 14.2 Å². The van der Waals surface area contributed by atoms with Crippen molar-refractivity contribution in [2.24, 2.45) is 4.99 Å². The van der Waals surface area contributed by atoms with Crippen LogP contribution in [0.3, 0.4) is 0 Å². The maximum Gasteiger partial charge on any atom is 0.338 e. The van der Waals surface area contributed by atoms with Crippen LogP contribution in [-0.2, 0) is 9.53 Å². The van der Waals surface area contributed by atoms with Gasteiger partial charge in [-0.25, -0.2) is 9.79 Å². The molecule has 10 nitrogen and oxygen atoms in total. The fourth-order valence-corrected chi connectivity index (χ4v) is 4.96. The molecule has 2 aromatic carbocycles. The van der Waals surface area contributed by atoms with Crippen LogP contribution < -0.4 is 24.4 Å². The number of hydrogen-bond donors (Lipinski definition) is 0. The molecule has 0 fully saturated rings. The molecule has 0 amide bonds. The average molecular weight is 496 g/mol. The van der Waals surface area contributed by atoms with Gasteiger partial charge in [-0.15, -0.1) is 0 Å². The molecule has 0 saturated carbocycles. The zero-order valence-corrected chi connectivity index (χ0v) is 20.1. The van der Waals surface area contributed by atoms with E-state index in [-0.39, 0.29) is 11.3 Å². The van der Waals surface area contributed by atoms with Crippen molar-refractivity contribution in [3.8, 4) is 11.5 Å². The number of methoxy groups -OCH3 is 3. The van der Waals surface area contributed by atoms with E-state index in [2.05, 4.69) is 4.99 Å². The SMILES string of the molecule is COC(=O)C1=C(C)N=c2sc(=Cc3ccc(OC)c(OC)c3)c(=O)n2C1c1cccc([N+](=O)[O-])c1. The van der Waals surface area contributed by atoms with E-state index < -0.39 is 22.5 Å². The monoisotopic (exact) mass is 495 g/mol. The summed E-state index contributed by atoms with van der Waals surface area (Å²) >= 11 is 1.15. The lowest BCUT2D eigenvalue weighted by Crippen LogP contribution is -2.39. The molecule has 0 N–H and O–H groups in total. The highest BCUT2D eigenvalue weighted by atomic mass is 32.1. The molecule has 3 aromatic rings. The Morgan fingerprint density at radius 2 is 1.89 bits per heavy atom. The summed E-state index contributed by atoms with van der Waals surface area (Å²) in [5.41, 5.74) is 1.05. The standard InChI is InChI=1S/C24H21N3O7S/c1-13-20(23(29)34-4)21(15-6-5-7-16(12-15)27(30)31)26-22(28)19(35-24(26)25-13)11-14-8-9-17(32-2)18(10-14)33-3/h5-12,21H,1-4H3. The lowest BCUT2D eigenvalue weighted by molar-refractivity contribution is -0.384. The topological polar surface area (TPSA) is 122 Å². The van der Waals surface area contributed by atoms with E-state index in [1.54, 1.807) is 37.3 Å². The number of non-ortho nitro benzene ring substituents is 1. The Labute approximate surface area is 203 Å². The Kier molecular flexibility index (Phi) is 6.52. The molecule has 1 atom stereocenters. The lowest BCUT2D eigenvalue weighted by atomic mass is 9.95. The van der Waals surface area contributed by atoms with E-state index in [9.17, 15) is 19.7 Å². The summed E-state index contributed by atoms with van der Waals surface area (Å²) < 4.78 is 17.3. The van der Waals surface area contributed by atoms with Gasteiger partial charge in [-0.2, -0.15) is 0 Å². The normalized spacial score (nSPS) is 15.3. The Morgan fingerprint density at radius 3 is 2.54 bits per heavy atom. The third-order valence-electron chi connectivity index (χ3n) is 5.53. The van der Waals surface area contributed by atoms with Crippen LogP contribution in [0.2, 0.25) is 0 Å². The Hall–Kier alpha value is -4.25. The number of allylic oxidation sites excluding steroid dienone is 1. The Bertz CT molecular complexity index is 1550. The number of esters is 1. The molecular formula is C24H21N3O7S. The number of ether oxygens (including phenoxy) is 3. The van der Waals surface area contributed by atoms with Gasteiger partial charge >= 0.3 is 5.97 Å². The van der Waals surface area contributed by atoms with Gasteiger partial charge in [0.15, 0.2) is 16.3 Å². The summed E-state index contributed by atoms with van der Waals surface area (Å²) in [4.78, 5) is 42.0. The minimum absolute atomic E-state index is 0.137. The Balaban J connectivity index is 1.96. The van der Waals surface area contributed by atoms with Gasteiger partial charge in [-0.05, 0) is 36.3 Å². The number of hydrogen-bond acceptors (Lipinski definition) is 9. The van der Waals surface area contributed by atoms with E-state index in [1.165, 1.54) is 44.1 Å².